The predicted molar refractivity (Wildman–Crippen MR) is 140 cm³/mol. The smallest absolute Gasteiger partial charge is 0.430 e. The van der Waals surface area contributed by atoms with Crippen molar-refractivity contribution in [2.24, 2.45) is 5.92 Å². The summed E-state index contributed by atoms with van der Waals surface area (Å²) in [5, 5.41) is 9.79. The average molecular weight is 655 g/mol. The Morgan fingerprint density at radius 2 is 1.45 bits per heavy atom. The number of ether oxygens (including phenoxy) is 1. The van der Waals surface area contributed by atoms with Crippen LogP contribution in [0.3, 0.4) is 0 Å². The van der Waals surface area contributed by atoms with Crippen molar-refractivity contribution in [3.05, 3.63) is 65.5 Å². The number of likely N-dealkylation sites (tertiary alicyclic amines) is 2. The van der Waals surface area contributed by atoms with Crippen molar-refractivity contribution in [1.82, 2.24) is 9.80 Å². The number of hydrogen-bond acceptors (Lipinski definition) is 6. The van der Waals surface area contributed by atoms with Crippen molar-refractivity contribution in [3.8, 4) is 0 Å². The molecule has 0 aliphatic carbocycles. The van der Waals surface area contributed by atoms with E-state index in [0.717, 1.165) is 36.4 Å². The molecular formula is C28H29F7N2O6S. The molecule has 8 nitrogen and oxygen atoms in total. The summed E-state index contributed by atoms with van der Waals surface area (Å²) in [6.07, 6.45) is -12.0. The molecule has 0 bridgehead atoms. The minimum absolute atomic E-state index is 0.145. The van der Waals surface area contributed by atoms with E-state index in [1.54, 1.807) is 6.92 Å². The molecule has 2 saturated heterocycles. The molecule has 2 fully saturated rings. The number of carbonyl (C=O) groups excluding carboxylic acids is 2. The number of rotatable bonds is 6. The topological polar surface area (TPSA) is 104 Å². The molecule has 242 valence electrons. The lowest BCUT2D eigenvalue weighted by atomic mass is 9.89. The first kappa shape index (κ1) is 33.5. The van der Waals surface area contributed by atoms with E-state index in [9.17, 15) is 53.8 Å². The van der Waals surface area contributed by atoms with Gasteiger partial charge in [-0.05, 0) is 56.0 Å². The highest BCUT2D eigenvalue weighted by molar-refractivity contribution is 7.92. The highest BCUT2D eigenvalue weighted by Crippen LogP contribution is 2.51. The number of benzene rings is 2. The minimum Gasteiger partial charge on any atom is -0.466 e. The van der Waals surface area contributed by atoms with Crippen molar-refractivity contribution < 1.29 is 58.6 Å². The molecule has 0 spiro atoms. The van der Waals surface area contributed by atoms with Crippen LogP contribution in [-0.2, 0) is 29.7 Å². The summed E-state index contributed by atoms with van der Waals surface area (Å²) in [5.41, 5.74) is -7.03. The van der Waals surface area contributed by atoms with Crippen molar-refractivity contribution >= 4 is 21.8 Å². The van der Waals surface area contributed by atoms with Crippen LogP contribution < -0.4 is 0 Å². The summed E-state index contributed by atoms with van der Waals surface area (Å²) < 4.78 is 125. The molecule has 0 saturated carbocycles. The lowest BCUT2D eigenvalue weighted by Gasteiger charge is -2.35. The van der Waals surface area contributed by atoms with Gasteiger partial charge in [0.2, 0.25) is 0 Å². The van der Waals surface area contributed by atoms with Gasteiger partial charge in [-0.2, -0.15) is 26.3 Å². The van der Waals surface area contributed by atoms with Gasteiger partial charge >= 0.3 is 24.4 Å². The van der Waals surface area contributed by atoms with E-state index in [1.165, 1.54) is 9.80 Å². The van der Waals surface area contributed by atoms with Gasteiger partial charge in [0, 0.05) is 31.7 Å². The van der Waals surface area contributed by atoms with E-state index < -0.39 is 68.4 Å². The van der Waals surface area contributed by atoms with Gasteiger partial charge in [-0.25, -0.2) is 17.6 Å². The number of piperidine rings is 1. The number of urea groups is 1. The minimum atomic E-state index is -6.15. The van der Waals surface area contributed by atoms with Gasteiger partial charge in [0.1, 0.15) is 10.6 Å². The summed E-state index contributed by atoms with van der Waals surface area (Å²) in [5.74, 6) is -1.56. The molecular weight excluding hydrogens is 625 g/mol. The van der Waals surface area contributed by atoms with Crippen LogP contribution in [0.4, 0.5) is 35.5 Å². The standard InChI is InChI=1S/C28H29F7N2O6S/c1-2-43-23(38)18-11-14-36(15-12-18)24(39)37-16-13-25(17-37,44(41,42)22-9-7-21(29)8-10-22)19-3-5-20(6-4-19)26(40,27(30,31)32)28(33,34)35/h3-10,18,40H,2,11-17H2,1H3. The third-order valence-corrected chi connectivity index (χ3v) is 10.7. The van der Waals surface area contributed by atoms with Gasteiger partial charge in [-0.15, -0.1) is 0 Å². The summed E-state index contributed by atoms with van der Waals surface area (Å²) in [6.45, 7) is 1.52. The number of esters is 1. The Balaban J connectivity index is 1.70. The summed E-state index contributed by atoms with van der Waals surface area (Å²) in [7, 11) is -4.55. The first-order chi connectivity index (χ1) is 20.4. The van der Waals surface area contributed by atoms with Crippen LogP contribution in [0, 0.1) is 11.7 Å². The van der Waals surface area contributed by atoms with Crippen molar-refractivity contribution in [2.75, 3.05) is 32.8 Å². The van der Waals surface area contributed by atoms with E-state index in [0.29, 0.717) is 25.0 Å². The van der Waals surface area contributed by atoms with Crippen LogP contribution in [0.15, 0.2) is 53.4 Å². The molecule has 4 rings (SSSR count). The number of halogens is 7. The zero-order valence-corrected chi connectivity index (χ0v) is 24.1. The van der Waals surface area contributed by atoms with Crippen LogP contribution in [0.25, 0.3) is 0 Å². The second-order valence-corrected chi connectivity index (χ2v) is 13.0. The Labute approximate surface area is 248 Å². The van der Waals surface area contributed by atoms with E-state index >= 15 is 0 Å². The quantitative estimate of drug-likeness (QED) is 0.270. The Bertz CT molecular complexity index is 1460. The van der Waals surface area contributed by atoms with Gasteiger partial charge in [-0.3, -0.25) is 4.79 Å². The second-order valence-electron chi connectivity index (χ2n) is 10.7. The number of hydrogen-bond donors (Lipinski definition) is 1. The van der Waals surface area contributed by atoms with Gasteiger partial charge in [0.15, 0.2) is 9.84 Å². The molecule has 1 N–H and O–H groups in total. The van der Waals surface area contributed by atoms with Gasteiger partial charge in [0.25, 0.3) is 5.60 Å². The van der Waals surface area contributed by atoms with Gasteiger partial charge in [0.05, 0.1) is 17.4 Å². The number of amides is 2. The lowest BCUT2D eigenvalue weighted by molar-refractivity contribution is -0.376. The molecule has 0 aromatic heterocycles. The maximum absolute atomic E-state index is 14.1. The normalized spacial score (nSPS) is 20.6. The maximum Gasteiger partial charge on any atom is 0.430 e. The molecule has 2 amide bonds. The fourth-order valence-electron chi connectivity index (χ4n) is 5.66. The molecule has 2 aliphatic heterocycles. The molecule has 44 heavy (non-hydrogen) atoms. The van der Waals surface area contributed by atoms with Crippen molar-refractivity contribution in [3.63, 3.8) is 0 Å². The molecule has 2 aliphatic rings. The SMILES string of the molecule is CCOC(=O)C1CCN(C(=O)N2CCC(c3ccc(C(O)(C(F)(F)F)C(F)(F)F)cc3)(S(=O)(=O)c3ccc(F)cc3)C2)CC1. The van der Waals surface area contributed by atoms with Crippen LogP contribution in [0.5, 0.6) is 0 Å². The van der Waals surface area contributed by atoms with Crippen LogP contribution in [-0.4, -0.2) is 80.5 Å². The first-order valence-corrected chi connectivity index (χ1v) is 15.0. The maximum atomic E-state index is 14.1. The molecule has 0 radical (unpaired) electrons. The van der Waals surface area contributed by atoms with Crippen molar-refractivity contribution in [2.45, 2.75) is 53.8 Å². The Hall–Kier alpha value is -3.40. The second kappa shape index (κ2) is 11.8. The Morgan fingerprint density at radius 3 is 1.95 bits per heavy atom. The fraction of sp³-hybridized carbons (Fsp3) is 0.500. The zero-order valence-electron chi connectivity index (χ0n) is 23.3. The van der Waals surface area contributed by atoms with Gasteiger partial charge < -0.3 is 19.6 Å². The summed E-state index contributed by atoms with van der Waals surface area (Å²) in [6, 6.07) is 5.32. The molecule has 2 aromatic rings. The van der Waals surface area contributed by atoms with Crippen LogP contribution in [0.2, 0.25) is 0 Å². The third-order valence-electron chi connectivity index (χ3n) is 8.18. The Kier molecular flexibility index (Phi) is 9.01. The third kappa shape index (κ3) is 5.73. The number of nitrogens with zero attached hydrogens (tertiary/aromatic N) is 2. The molecule has 1 atom stereocenters. The molecule has 2 aromatic carbocycles. The number of aliphatic hydroxyl groups is 1. The van der Waals surface area contributed by atoms with E-state index in [4.69, 9.17) is 4.74 Å². The van der Waals surface area contributed by atoms with E-state index in [2.05, 4.69) is 0 Å². The summed E-state index contributed by atoms with van der Waals surface area (Å²) in [4.78, 5) is 27.8. The summed E-state index contributed by atoms with van der Waals surface area (Å²) >= 11 is 0. The largest absolute Gasteiger partial charge is 0.466 e. The van der Waals surface area contributed by atoms with Crippen LogP contribution >= 0.6 is 0 Å². The highest BCUT2D eigenvalue weighted by atomic mass is 32.2. The zero-order chi connectivity index (χ0) is 32.7. The van der Waals surface area contributed by atoms with Crippen LogP contribution in [0.1, 0.15) is 37.3 Å². The average Bonchev–Trinajstić information content (AvgIpc) is 3.43. The van der Waals surface area contributed by atoms with Crippen molar-refractivity contribution in [1.29, 1.82) is 0 Å². The first-order valence-electron chi connectivity index (χ1n) is 13.6. The predicted octanol–water partition coefficient (Wildman–Crippen LogP) is 4.91. The lowest BCUT2D eigenvalue weighted by Crippen LogP contribution is -2.54. The molecule has 16 heteroatoms. The van der Waals surface area contributed by atoms with Gasteiger partial charge in [-0.1, -0.05) is 24.3 Å². The number of alkyl halides is 6. The molecule has 2 heterocycles. The highest BCUT2D eigenvalue weighted by Gasteiger charge is 2.71. The van der Waals surface area contributed by atoms with E-state index in [-0.39, 0.29) is 43.1 Å². The number of carbonyl (C=O) groups is 2. The fourth-order valence-corrected chi connectivity index (χ4v) is 7.74. The number of sulfone groups is 1. The monoisotopic (exact) mass is 654 g/mol. The van der Waals surface area contributed by atoms with E-state index in [1.807, 2.05) is 0 Å². The molecule has 1 unspecified atom stereocenters. The Morgan fingerprint density at radius 1 is 0.909 bits per heavy atom.